The molecule has 1 saturated heterocycles. The lowest BCUT2D eigenvalue weighted by Crippen LogP contribution is -2.54. The van der Waals surface area contributed by atoms with E-state index in [1.165, 1.54) is 17.7 Å². The molecule has 4 aliphatic rings. The Labute approximate surface area is 186 Å². The predicted octanol–water partition coefficient (Wildman–Crippen LogP) is 5.54. The van der Waals surface area contributed by atoms with E-state index >= 15 is 0 Å². The van der Waals surface area contributed by atoms with Crippen molar-refractivity contribution in [3.05, 3.63) is 41.6 Å². The van der Waals surface area contributed by atoms with Gasteiger partial charge in [-0.05, 0) is 86.3 Å². The van der Waals surface area contributed by atoms with E-state index in [0.717, 1.165) is 37.8 Å². The SMILES string of the molecule is Cc1cccc(NC(=O)C2CC[C@H]3[C@@H]4CC=C5N(C)C(=O)CC[C@]5(C)[C@@H]4CC[C@]23C)c1. The number of anilines is 1. The maximum Gasteiger partial charge on any atom is 0.228 e. The lowest BCUT2D eigenvalue weighted by molar-refractivity contribution is -0.137. The van der Waals surface area contributed by atoms with E-state index in [4.69, 9.17) is 0 Å². The first-order chi connectivity index (χ1) is 14.7. The highest BCUT2D eigenvalue weighted by molar-refractivity contribution is 5.93. The molecule has 1 aliphatic heterocycles. The molecule has 166 valence electrons. The number of carbonyl (C=O) groups is 2. The van der Waals surface area contributed by atoms with E-state index in [-0.39, 0.29) is 28.6 Å². The number of rotatable bonds is 2. The fourth-order valence-electron chi connectivity index (χ4n) is 7.96. The molecule has 4 heteroatoms. The number of amides is 2. The largest absolute Gasteiger partial charge is 0.326 e. The summed E-state index contributed by atoms with van der Waals surface area (Å²) in [6.45, 7) is 6.85. The van der Waals surface area contributed by atoms with Crippen LogP contribution in [0.15, 0.2) is 36.0 Å². The summed E-state index contributed by atoms with van der Waals surface area (Å²) in [5.74, 6) is 2.40. The molecule has 1 unspecified atom stereocenters. The monoisotopic (exact) mass is 420 g/mol. The number of hydrogen-bond donors (Lipinski definition) is 1. The van der Waals surface area contributed by atoms with Crippen LogP contribution in [0, 0.1) is 41.4 Å². The van der Waals surface area contributed by atoms with Crippen LogP contribution < -0.4 is 5.32 Å². The zero-order valence-electron chi connectivity index (χ0n) is 19.4. The van der Waals surface area contributed by atoms with Crippen molar-refractivity contribution in [3.8, 4) is 0 Å². The van der Waals surface area contributed by atoms with Crippen molar-refractivity contribution in [2.24, 2.45) is 34.5 Å². The normalized spacial score (nSPS) is 39.3. The second-order valence-corrected chi connectivity index (χ2v) is 11.1. The van der Waals surface area contributed by atoms with Crippen molar-refractivity contribution >= 4 is 17.5 Å². The van der Waals surface area contributed by atoms with Crippen molar-refractivity contribution < 1.29 is 9.59 Å². The summed E-state index contributed by atoms with van der Waals surface area (Å²) in [6, 6.07) is 8.11. The average molecular weight is 421 g/mol. The first kappa shape index (κ1) is 20.8. The molecule has 1 aromatic rings. The maximum atomic E-state index is 13.3. The highest BCUT2D eigenvalue weighted by atomic mass is 16.2. The van der Waals surface area contributed by atoms with Crippen LogP contribution in [0.1, 0.15) is 64.4 Å². The molecular weight excluding hydrogens is 384 g/mol. The third kappa shape index (κ3) is 3.08. The molecule has 5 rings (SSSR count). The number of allylic oxidation sites excluding steroid dienone is 2. The van der Waals surface area contributed by atoms with Gasteiger partial charge in [0.25, 0.3) is 0 Å². The number of likely N-dealkylation sites (tertiary alicyclic amines) is 1. The van der Waals surface area contributed by atoms with E-state index in [9.17, 15) is 9.59 Å². The predicted molar refractivity (Wildman–Crippen MR) is 123 cm³/mol. The Balaban J connectivity index is 1.39. The number of nitrogens with one attached hydrogen (secondary N) is 1. The Kier molecular flexibility index (Phi) is 4.84. The summed E-state index contributed by atoms with van der Waals surface area (Å²) in [5, 5.41) is 3.22. The molecule has 2 saturated carbocycles. The van der Waals surface area contributed by atoms with E-state index in [1.54, 1.807) is 0 Å². The number of carbonyl (C=O) groups excluding carboxylic acids is 2. The second-order valence-electron chi connectivity index (χ2n) is 11.1. The minimum absolute atomic E-state index is 0.0766. The van der Waals surface area contributed by atoms with Gasteiger partial charge in [-0.2, -0.15) is 0 Å². The number of aryl methyl sites for hydroxylation is 1. The molecule has 0 bridgehead atoms. The average Bonchev–Trinajstić information content (AvgIpc) is 3.08. The Hall–Kier alpha value is -2.10. The van der Waals surface area contributed by atoms with Crippen LogP contribution >= 0.6 is 0 Å². The zero-order chi connectivity index (χ0) is 22.0. The Morgan fingerprint density at radius 3 is 2.71 bits per heavy atom. The van der Waals surface area contributed by atoms with Crippen molar-refractivity contribution in [3.63, 3.8) is 0 Å². The minimum Gasteiger partial charge on any atom is -0.326 e. The Morgan fingerprint density at radius 1 is 1.13 bits per heavy atom. The number of piperidine rings is 1. The highest BCUT2D eigenvalue weighted by Crippen LogP contribution is 2.66. The minimum atomic E-state index is 0.0766. The first-order valence-electron chi connectivity index (χ1n) is 12.1. The summed E-state index contributed by atoms with van der Waals surface area (Å²) in [5.41, 5.74) is 3.53. The van der Waals surface area contributed by atoms with Crippen molar-refractivity contribution in [2.75, 3.05) is 12.4 Å². The van der Waals surface area contributed by atoms with Gasteiger partial charge in [0.2, 0.25) is 11.8 Å². The molecule has 3 aliphatic carbocycles. The summed E-state index contributed by atoms with van der Waals surface area (Å²) in [6.07, 6.45) is 9.49. The lowest BCUT2D eigenvalue weighted by Gasteiger charge is -2.58. The molecule has 1 heterocycles. The molecule has 3 fully saturated rings. The molecule has 6 atom stereocenters. The smallest absolute Gasteiger partial charge is 0.228 e. The van der Waals surface area contributed by atoms with Crippen LogP contribution in [0.25, 0.3) is 0 Å². The van der Waals surface area contributed by atoms with Gasteiger partial charge in [0.1, 0.15) is 0 Å². The van der Waals surface area contributed by atoms with Gasteiger partial charge in [-0.1, -0.05) is 32.1 Å². The van der Waals surface area contributed by atoms with Gasteiger partial charge >= 0.3 is 0 Å². The molecule has 0 radical (unpaired) electrons. The van der Waals surface area contributed by atoms with Crippen LogP contribution in [0.3, 0.4) is 0 Å². The first-order valence-corrected chi connectivity index (χ1v) is 12.1. The van der Waals surface area contributed by atoms with Crippen LogP contribution in [0.4, 0.5) is 5.69 Å². The van der Waals surface area contributed by atoms with Gasteiger partial charge in [0.05, 0.1) is 0 Å². The quantitative estimate of drug-likeness (QED) is 0.683. The molecule has 31 heavy (non-hydrogen) atoms. The molecule has 2 amide bonds. The molecule has 0 spiro atoms. The van der Waals surface area contributed by atoms with Crippen molar-refractivity contribution in [1.29, 1.82) is 0 Å². The fraction of sp³-hybridized carbons (Fsp3) is 0.630. The van der Waals surface area contributed by atoms with E-state index in [2.05, 4.69) is 44.3 Å². The maximum absolute atomic E-state index is 13.3. The molecular formula is C27H36N2O2. The zero-order valence-corrected chi connectivity index (χ0v) is 19.4. The standard InChI is InChI=1S/C27H36N2O2/c1-17-6-5-7-18(16-17)28-25(31)22-10-9-20-19-8-11-23-27(3,15-13-24(30)29(23)4)21(19)12-14-26(20,22)2/h5-7,11,16,19-22H,8-10,12-15H2,1-4H3,(H,28,31)/t19-,20-,21+,22?,26-,27+/m0/s1. The Bertz CT molecular complexity index is 952. The summed E-state index contributed by atoms with van der Waals surface area (Å²) >= 11 is 0. The van der Waals surface area contributed by atoms with E-state index in [0.29, 0.717) is 24.2 Å². The van der Waals surface area contributed by atoms with Crippen LogP contribution in [-0.4, -0.2) is 23.8 Å². The van der Waals surface area contributed by atoms with Crippen molar-refractivity contribution in [2.45, 2.75) is 65.7 Å². The third-order valence-corrected chi connectivity index (χ3v) is 9.62. The molecule has 1 N–H and O–H groups in total. The number of fused-ring (bicyclic) bond motifs is 5. The van der Waals surface area contributed by atoms with Gasteiger partial charge in [-0.25, -0.2) is 0 Å². The van der Waals surface area contributed by atoms with Gasteiger partial charge in [0, 0.05) is 36.2 Å². The number of hydrogen-bond acceptors (Lipinski definition) is 2. The van der Waals surface area contributed by atoms with Crippen molar-refractivity contribution in [1.82, 2.24) is 4.90 Å². The van der Waals surface area contributed by atoms with Crippen LogP contribution in [0.2, 0.25) is 0 Å². The van der Waals surface area contributed by atoms with Crippen LogP contribution in [-0.2, 0) is 9.59 Å². The molecule has 4 nitrogen and oxygen atoms in total. The third-order valence-electron chi connectivity index (χ3n) is 9.62. The van der Waals surface area contributed by atoms with E-state index in [1.807, 2.05) is 24.1 Å². The molecule has 0 aromatic heterocycles. The second kappa shape index (κ2) is 7.21. The number of benzene rings is 1. The lowest BCUT2D eigenvalue weighted by atomic mass is 9.49. The van der Waals surface area contributed by atoms with Crippen LogP contribution in [0.5, 0.6) is 0 Å². The van der Waals surface area contributed by atoms with E-state index < -0.39 is 0 Å². The Morgan fingerprint density at radius 2 is 1.94 bits per heavy atom. The van der Waals surface area contributed by atoms with Gasteiger partial charge < -0.3 is 10.2 Å². The fourth-order valence-corrected chi connectivity index (χ4v) is 7.96. The highest BCUT2D eigenvalue weighted by Gasteiger charge is 2.60. The van der Waals surface area contributed by atoms with Gasteiger partial charge in [-0.3, -0.25) is 9.59 Å². The van der Waals surface area contributed by atoms with Gasteiger partial charge in [0.15, 0.2) is 0 Å². The summed E-state index contributed by atoms with van der Waals surface area (Å²) in [7, 11) is 1.96. The topological polar surface area (TPSA) is 49.4 Å². The summed E-state index contributed by atoms with van der Waals surface area (Å²) in [4.78, 5) is 27.6. The molecule has 1 aromatic carbocycles. The van der Waals surface area contributed by atoms with Gasteiger partial charge in [-0.15, -0.1) is 0 Å². The number of nitrogens with zero attached hydrogens (tertiary/aromatic N) is 1. The summed E-state index contributed by atoms with van der Waals surface area (Å²) < 4.78 is 0.